The van der Waals surface area contributed by atoms with Gasteiger partial charge < -0.3 is 4.90 Å². The van der Waals surface area contributed by atoms with Crippen LogP contribution >= 0.6 is 0 Å². The lowest BCUT2D eigenvalue weighted by atomic mass is 9.80. The van der Waals surface area contributed by atoms with E-state index in [1.54, 1.807) is 0 Å². The molecule has 0 radical (unpaired) electrons. The van der Waals surface area contributed by atoms with Gasteiger partial charge in [0.15, 0.2) is 0 Å². The molecule has 8 aromatic carbocycles. The molecule has 0 heterocycles. The van der Waals surface area contributed by atoms with Gasteiger partial charge in [0.25, 0.3) is 0 Å². The highest BCUT2D eigenvalue weighted by atomic mass is 15.1. The second kappa shape index (κ2) is 12.1. The molecule has 0 aliphatic heterocycles. The molecule has 0 atom stereocenters. The molecule has 9 rings (SSSR count). The molecule has 0 fully saturated rings. The molecule has 238 valence electrons. The highest BCUT2D eigenvalue weighted by Crippen LogP contribution is 2.53. The molecule has 8 aromatic rings. The summed E-state index contributed by atoms with van der Waals surface area (Å²) >= 11 is 0. The topological polar surface area (TPSA) is 3.24 Å². The van der Waals surface area contributed by atoms with Gasteiger partial charge in [0.05, 0.1) is 11.4 Å². The van der Waals surface area contributed by atoms with Gasteiger partial charge in [-0.25, -0.2) is 0 Å². The lowest BCUT2D eigenvalue weighted by molar-refractivity contribution is 0.666. The number of benzene rings is 8. The Balaban J connectivity index is 1.29. The summed E-state index contributed by atoms with van der Waals surface area (Å²) in [6, 6.07) is 68.5. The molecule has 0 saturated heterocycles. The normalized spacial score (nSPS) is 12.8. The molecule has 1 aliphatic carbocycles. The average molecular weight is 640 g/mol. The lowest BCUT2D eigenvalue weighted by Gasteiger charge is -2.30. The highest BCUT2D eigenvalue weighted by Gasteiger charge is 2.37. The summed E-state index contributed by atoms with van der Waals surface area (Å²) in [5, 5.41) is 2.54. The van der Waals surface area contributed by atoms with Crippen LogP contribution < -0.4 is 4.90 Å². The van der Waals surface area contributed by atoms with Gasteiger partial charge in [-0.3, -0.25) is 0 Å². The highest BCUT2D eigenvalue weighted by molar-refractivity contribution is 6.06. The summed E-state index contributed by atoms with van der Waals surface area (Å²) in [7, 11) is 0. The van der Waals surface area contributed by atoms with E-state index in [9.17, 15) is 0 Å². The first-order valence-corrected chi connectivity index (χ1v) is 17.5. The van der Waals surface area contributed by atoms with Crippen molar-refractivity contribution in [2.45, 2.75) is 19.3 Å². The minimum absolute atomic E-state index is 0.112. The van der Waals surface area contributed by atoms with Gasteiger partial charge >= 0.3 is 0 Å². The molecule has 0 unspecified atom stereocenters. The fraction of sp³-hybridized carbons (Fsp3) is 0.0612. The Kier molecular flexibility index (Phi) is 7.21. The second-order valence-electron chi connectivity index (χ2n) is 13.7. The smallest absolute Gasteiger partial charge is 0.0540 e. The molecule has 0 amide bonds. The summed E-state index contributed by atoms with van der Waals surface area (Å²) in [5.74, 6) is 0. The number of nitrogens with zero attached hydrogens (tertiary/aromatic N) is 1. The quantitative estimate of drug-likeness (QED) is 0.175. The largest absolute Gasteiger partial charge is 0.309 e. The molecule has 1 nitrogen and oxygen atoms in total. The summed E-state index contributed by atoms with van der Waals surface area (Å²) in [4.78, 5) is 2.47. The number of para-hydroxylation sites is 1. The van der Waals surface area contributed by atoms with Gasteiger partial charge in [-0.2, -0.15) is 0 Å². The van der Waals surface area contributed by atoms with Crippen LogP contribution in [0.15, 0.2) is 188 Å². The number of hydrogen-bond acceptors (Lipinski definition) is 1. The van der Waals surface area contributed by atoms with Crippen molar-refractivity contribution in [3.8, 4) is 44.5 Å². The fourth-order valence-corrected chi connectivity index (χ4v) is 8.16. The third-order valence-electron chi connectivity index (χ3n) is 10.5. The molecule has 0 bridgehead atoms. The molecule has 1 aliphatic rings. The molecule has 50 heavy (non-hydrogen) atoms. The fourth-order valence-electron chi connectivity index (χ4n) is 8.16. The Morgan fingerprint density at radius 3 is 1.64 bits per heavy atom. The first kappa shape index (κ1) is 29.9. The summed E-state index contributed by atoms with van der Waals surface area (Å²) < 4.78 is 0. The van der Waals surface area contributed by atoms with Gasteiger partial charge in [0, 0.05) is 22.1 Å². The Morgan fingerprint density at radius 1 is 0.340 bits per heavy atom. The molecule has 0 saturated carbocycles. The Morgan fingerprint density at radius 2 is 0.900 bits per heavy atom. The van der Waals surface area contributed by atoms with Crippen molar-refractivity contribution in [1.82, 2.24) is 0 Å². The van der Waals surface area contributed by atoms with Crippen molar-refractivity contribution in [2.75, 3.05) is 4.90 Å². The van der Waals surface area contributed by atoms with E-state index in [4.69, 9.17) is 0 Å². The molecule has 0 N–H and O–H groups in total. The van der Waals surface area contributed by atoms with Crippen molar-refractivity contribution in [1.29, 1.82) is 0 Å². The number of hydrogen-bond donors (Lipinski definition) is 0. The van der Waals surface area contributed by atoms with Crippen molar-refractivity contribution in [3.05, 3.63) is 199 Å². The maximum Gasteiger partial charge on any atom is 0.0540 e. The number of fused-ring (bicyclic) bond motifs is 5. The summed E-state index contributed by atoms with van der Waals surface area (Å²) in [5.41, 5.74) is 16.0. The third kappa shape index (κ3) is 4.85. The van der Waals surface area contributed by atoms with E-state index < -0.39 is 0 Å². The van der Waals surface area contributed by atoms with Crippen LogP contribution in [0.1, 0.15) is 25.0 Å². The summed E-state index contributed by atoms with van der Waals surface area (Å²) in [6.07, 6.45) is 0. The predicted molar refractivity (Wildman–Crippen MR) is 213 cm³/mol. The van der Waals surface area contributed by atoms with E-state index in [2.05, 4.69) is 207 Å². The molecule has 1 heteroatoms. The van der Waals surface area contributed by atoms with Crippen LogP contribution in [0.4, 0.5) is 17.1 Å². The van der Waals surface area contributed by atoms with Crippen LogP contribution in [-0.2, 0) is 5.41 Å². The van der Waals surface area contributed by atoms with E-state index in [1.807, 2.05) is 0 Å². The van der Waals surface area contributed by atoms with Crippen LogP contribution in [0, 0.1) is 0 Å². The van der Waals surface area contributed by atoms with E-state index in [0.717, 1.165) is 17.1 Å². The van der Waals surface area contributed by atoms with Crippen molar-refractivity contribution in [3.63, 3.8) is 0 Å². The average Bonchev–Trinajstić information content (AvgIpc) is 3.42. The van der Waals surface area contributed by atoms with Gasteiger partial charge in [-0.05, 0) is 79.7 Å². The van der Waals surface area contributed by atoms with Gasteiger partial charge in [-0.15, -0.1) is 0 Å². The van der Waals surface area contributed by atoms with Crippen molar-refractivity contribution in [2.24, 2.45) is 0 Å². The van der Waals surface area contributed by atoms with Gasteiger partial charge in [0.1, 0.15) is 0 Å². The number of anilines is 3. The first-order valence-electron chi connectivity index (χ1n) is 17.5. The minimum Gasteiger partial charge on any atom is -0.309 e. The molecular formula is C49H37N. The van der Waals surface area contributed by atoms with Crippen LogP contribution in [0.3, 0.4) is 0 Å². The Labute approximate surface area is 294 Å². The van der Waals surface area contributed by atoms with Crippen LogP contribution in [0.25, 0.3) is 55.3 Å². The zero-order valence-electron chi connectivity index (χ0n) is 28.3. The van der Waals surface area contributed by atoms with Crippen LogP contribution in [-0.4, -0.2) is 0 Å². The van der Waals surface area contributed by atoms with Crippen LogP contribution in [0.5, 0.6) is 0 Å². The zero-order chi connectivity index (χ0) is 33.7. The predicted octanol–water partition coefficient (Wildman–Crippen LogP) is 13.6. The van der Waals surface area contributed by atoms with E-state index >= 15 is 0 Å². The third-order valence-corrected chi connectivity index (χ3v) is 10.5. The van der Waals surface area contributed by atoms with E-state index in [0.29, 0.717) is 0 Å². The molecule has 0 aromatic heterocycles. The Bertz CT molecular complexity index is 2490. The van der Waals surface area contributed by atoms with Gasteiger partial charge in [0.2, 0.25) is 0 Å². The lowest BCUT2D eigenvalue weighted by Crippen LogP contribution is -2.16. The Hall–Kier alpha value is -6.18. The monoisotopic (exact) mass is 639 g/mol. The zero-order valence-corrected chi connectivity index (χ0v) is 28.3. The second-order valence-corrected chi connectivity index (χ2v) is 13.7. The molecular weight excluding hydrogens is 603 g/mol. The minimum atomic E-state index is -0.112. The van der Waals surface area contributed by atoms with E-state index in [-0.39, 0.29) is 5.41 Å². The van der Waals surface area contributed by atoms with E-state index in [1.165, 1.54) is 66.4 Å². The van der Waals surface area contributed by atoms with Gasteiger partial charge in [-0.1, -0.05) is 178 Å². The van der Waals surface area contributed by atoms with Crippen molar-refractivity contribution < 1.29 is 0 Å². The summed E-state index contributed by atoms with van der Waals surface area (Å²) in [6.45, 7) is 4.75. The standard InChI is InChI=1S/C49H37N/c1-49(2)45-25-13-11-22-40(45)44-33-32-42-43(48(44)49)24-15-27-47(42)50(37-30-28-35(29-31-37)34-16-5-3-6-17-34)46-26-14-12-23-41(46)39-21-10-9-20-38(39)36-18-7-4-8-19-36/h3-33H,1-2H3. The first-order chi connectivity index (χ1) is 24.6. The van der Waals surface area contributed by atoms with Crippen LogP contribution in [0.2, 0.25) is 0 Å². The SMILES string of the molecule is CC1(C)c2ccccc2-c2ccc3c(N(c4ccc(-c5ccccc5)cc4)c4ccccc4-c4ccccc4-c4ccccc4)cccc3c21. The molecule has 0 spiro atoms. The maximum atomic E-state index is 2.47. The maximum absolute atomic E-state index is 2.47. The number of rotatable bonds is 6. The van der Waals surface area contributed by atoms with Crippen molar-refractivity contribution >= 4 is 27.8 Å².